The standard InChI is InChI=1S/C24H37NO2/c1-23-10-8-17(27-3)13-16(23)4-5-18-20-7-6-19(15-12-22(26)25-14-15)24(20,2)11-9-21(18)23/h12,16-21H,4-11,13-14H2,1-3H3,(H,25,26)/t16-,17-,18-,19+,20-,21-,23-,24+/m0/s1. The van der Waals surface area contributed by atoms with Crippen LogP contribution in [0, 0.1) is 40.4 Å². The van der Waals surface area contributed by atoms with E-state index in [0.29, 0.717) is 22.9 Å². The number of fused-ring (bicyclic) bond motifs is 5. The molecule has 8 atom stereocenters. The highest BCUT2D eigenvalue weighted by molar-refractivity contribution is 5.91. The molecule has 1 heterocycles. The van der Waals surface area contributed by atoms with Crippen LogP contribution in [-0.4, -0.2) is 25.7 Å². The lowest BCUT2D eigenvalue weighted by Gasteiger charge is -2.61. The van der Waals surface area contributed by atoms with Crippen molar-refractivity contribution in [2.45, 2.75) is 77.7 Å². The van der Waals surface area contributed by atoms with Gasteiger partial charge in [-0.1, -0.05) is 13.8 Å². The molecule has 5 aliphatic rings. The van der Waals surface area contributed by atoms with Gasteiger partial charge < -0.3 is 10.1 Å². The number of methoxy groups -OCH3 is 1. The van der Waals surface area contributed by atoms with E-state index < -0.39 is 0 Å². The second-order valence-corrected chi connectivity index (χ2v) is 10.9. The molecule has 0 bridgehead atoms. The van der Waals surface area contributed by atoms with Gasteiger partial charge in [0.05, 0.1) is 6.10 Å². The molecule has 3 heteroatoms. The van der Waals surface area contributed by atoms with Gasteiger partial charge >= 0.3 is 0 Å². The first-order valence-electron chi connectivity index (χ1n) is 11.5. The van der Waals surface area contributed by atoms with Gasteiger partial charge in [0.15, 0.2) is 0 Å². The van der Waals surface area contributed by atoms with Crippen molar-refractivity contribution in [2.24, 2.45) is 40.4 Å². The van der Waals surface area contributed by atoms with Crippen LogP contribution in [0.3, 0.4) is 0 Å². The average Bonchev–Trinajstić information content (AvgIpc) is 3.23. The van der Waals surface area contributed by atoms with Crippen molar-refractivity contribution in [3.05, 3.63) is 11.6 Å². The lowest BCUT2D eigenvalue weighted by atomic mass is 9.44. The van der Waals surface area contributed by atoms with Gasteiger partial charge in [0, 0.05) is 19.7 Å². The molecule has 4 saturated carbocycles. The maximum absolute atomic E-state index is 11.8. The molecule has 4 fully saturated rings. The van der Waals surface area contributed by atoms with Gasteiger partial charge in [-0.3, -0.25) is 4.79 Å². The summed E-state index contributed by atoms with van der Waals surface area (Å²) in [7, 11) is 1.90. The Kier molecular flexibility index (Phi) is 4.28. The number of hydrogen-bond acceptors (Lipinski definition) is 2. The molecular weight excluding hydrogens is 334 g/mol. The van der Waals surface area contributed by atoms with Crippen molar-refractivity contribution in [2.75, 3.05) is 13.7 Å². The van der Waals surface area contributed by atoms with Crippen molar-refractivity contribution in [3.8, 4) is 0 Å². The van der Waals surface area contributed by atoms with E-state index in [1.807, 2.05) is 13.2 Å². The first-order chi connectivity index (χ1) is 13.0. The Bertz CT molecular complexity index is 657. The van der Waals surface area contributed by atoms with Crippen molar-refractivity contribution in [3.63, 3.8) is 0 Å². The largest absolute Gasteiger partial charge is 0.381 e. The quantitative estimate of drug-likeness (QED) is 0.763. The number of carbonyl (C=O) groups excluding carboxylic acids is 1. The fourth-order valence-corrected chi connectivity index (χ4v) is 8.73. The van der Waals surface area contributed by atoms with E-state index in [1.54, 1.807) is 0 Å². The van der Waals surface area contributed by atoms with Gasteiger partial charge in [0.25, 0.3) is 0 Å². The molecule has 0 spiro atoms. The van der Waals surface area contributed by atoms with Crippen LogP contribution in [0.2, 0.25) is 0 Å². The number of carbonyl (C=O) groups is 1. The van der Waals surface area contributed by atoms with E-state index in [9.17, 15) is 4.79 Å². The lowest BCUT2D eigenvalue weighted by Crippen LogP contribution is -2.54. The molecule has 0 radical (unpaired) electrons. The fraction of sp³-hybridized carbons (Fsp3) is 0.875. The third-order valence-corrected chi connectivity index (χ3v) is 10.2. The summed E-state index contributed by atoms with van der Waals surface area (Å²) in [4.78, 5) is 11.8. The topological polar surface area (TPSA) is 38.3 Å². The van der Waals surface area contributed by atoms with Gasteiger partial charge in [-0.05, 0) is 104 Å². The predicted octanol–water partition coefficient (Wildman–Crippen LogP) is 4.72. The summed E-state index contributed by atoms with van der Waals surface area (Å²) in [6.45, 7) is 6.01. The number of rotatable bonds is 2. The third-order valence-electron chi connectivity index (χ3n) is 10.2. The van der Waals surface area contributed by atoms with E-state index in [0.717, 1.165) is 30.2 Å². The molecule has 0 saturated heterocycles. The van der Waals surface area contributed by atoms with E-state index in [1.165, 1.54) is 63.4 Å². The zero-order valence-corrected chi connectivity index (χ0v) is 17.4. The molecule has 1 N–H and O–H groups in total. The second kappa shape index (κ2) is 6.34. The SMILES string of the molecule is CO[C@H]1CC[C@@]2(C)[C@@H](CC[C@@H]3[C@@H]2CC[C@]2(C)[C@@H](C4=CC(=O)NC4)CC[C@@H]32)C1. The third kappa shape index (κ3) is 2.59. The predicted molar refractivity (Wildman–Crippen MR) is 107 cm³/mol. The highest BCUT2D eigenvalue weighted by atomic mass is 16.5. The Balaban J connectivity index is 1.39. The molecule has 3 nitrogen and oxygen atoms in total. The van der Waals surface area contributed by atoms with Gasteiger partial charge in [-0.15, -0.1) is 0 Å². The maximum atomic E-state index is 11.8. The maximum Gasteiger partial charge on any atom is 0.244 e. The number of hydrogen-bond donors (Lipinski definition) is 1. The molecule has 27 heavy (non-hydrogen) atoms. The highest BCUT2D eigenvalue weighted by Gasteiger charge is 2.60. The Morgan fingerprint density at radius 1 is 1.00 bits per heavy atom. The molecule has 5 rings (SSSR count). The van der Waals surface area contributed by atoms with Crippen molar-refractivity contribution < 1.29 is 9.53 Å². The van der Waals surface area contributed by atoms with Crippen LogP contribution in [0.25, 0.3) is 0 Å². The average molecular weight is 372 g/mol. The smallest absolute Gasteiger partial charge is 0.244 e. The number of amides is 1. The van der Waals surface area contributed by atoms with Crippen LogP contribution in [0.1, 0.15) is 71.6 Å². The molecule has 1 aliphatic heterocycles. The van der Waals surface area contributed by atoms with Gasteiger partial charge in [0.1, 0.15) is 0 Å². The molecule has 0 aromatic rings. The van der Waals surface area contributed by atoms with E-state index in [2.05, 4.69) is 19.2 Å². The summed E-state index contributed by atoms with van der Waals surface area (Å²) in [6, 6.07) is 0. The molecule has 0 aromatic carbocycles. The van der Waals surface area contributed by atoms with E-state index in [-0.39, 0.29) is 5.91 Å². The Morgan fingerprint density at radius 3 is 2.52 bits per heavy atom. The first kappa shape index (κ1) is 18.2. The zero-order valence-electron chi connectivity index (χ0n) is 17.4. The summed E-state index contributed by atoms with van der Waals surface area (Å²) >= 11 is 0. The van der Waals surface area contributed by atoms with Crippen LogP contribution in [0.5, 0.6) is 0 Å². The number of nitrogens with one attached hydrogen (secondary N) is 1. The molecule has 150 valence electrons. The van der Waals surface area contributed by atoms with Crippen LogP contribution in [-0.2, 0) is 9.53 Å². The molecule has 4 aliphatic carbocycles. The minimum atomic E-state index is 0.133. The zero-order chi connectivity index (χ0) is 18.8. The minimum Gasteiger partial charge on any atom is -0.381 e. The van der Waals surface area contributed by atoms with Crippen LogP contribution in [0.4, 0.5) is 0 Å². The van der Waals surface area contributed by atoms with Gasteiger partial charge in [-0.25, -0.2) is 0 Å². The molecule has 0 unspecified atom stereocenters. The lowest BCUT2D eigenvalue weighted by molar-refractivity contribution is -0.128. The summed E-state index contributed by atoms with van der Waals surface area (Å²) < 4.78 is 5.75. The van der Waals surface area contributed by atoms with Gasteiger partial charge in [0.2, 0.25) is 5.91 Å². The Morgan fingerprint density at radius 2 is 1.78 bits per heavy atom. The molecule has 1 amide bonds. The summed E-state index contributed by atoms with van der Waals surface area (Å²) in [5, 5.41) is 3.03. The summed E-state index contributed by atoms with van der Waals surface area (Å²) in [5.41, 5.74) is 2.37. The Labute approximate surface area is 164 Å². The van der Waals surface area contributed by atoms with E-state index >= 15 is 0 Å². The van der Waals surface area contributed by atoms with Crippen molar-refractivity contribution in [1.82, 2.24) is 5.32 Å². The van der Waals surface area contributed by atoms with Crippen molar-refractivity contribution in [1.29, 1.82) is 0 Å². The highest BCUT2D eigenvalue weighted by Crippen LogP contribution is 2.68. The number of ether oxygens (including phenoxy) is 1. The first-order valence-corrected chi connectivity index (χ1v) is 11.5. The van der Waals surface area contributed by atoms with Crippen LogP contribution < -0.4 is 5.32 Å². The molecular formula is C24H37NO2. The van der Waals surface area contributed by atoms with Gasteiger partial charge in [-0.2, -0.15) is 0 Å². The fourth-order valence-electron chi connectivity index (χ4n) is 8.73. The minimum absolute atomic E-state index is 0.133. The van der Waals surface area contributed by atoms with E-state index in [4.69, 9.17) is 4.74 Å². The van der Waals surface area contributed by atoms with Crippen LogP contribution in [0.15, 0.2) is 11.6 Å². The monoisotopic (exact) mass is 371 g/mol. The van der Waals surface area contributed by atoms with Crippen LogP contribution >= 0.6 is 0 Å². The Hall–Kier alpha value is -0.830. The molecule has 0 aromatic heterocycles. The van der Waals surface area contributed by atoms with Crippen molar-refractivity contribution >= 4 is 5.91 Å². The normalized spacial score (nSPS) is 51.8. The second-order valence-electron chi connectivity index (χ2n) is 10.9. The summed E-state index contributed by atoms with van der Waals surface area (Å²) in [5.74, 6) is 4.35. The summed E-state index contributed by atoms with van der Waals surface area (Å²) in [6.07, 6.45) is 14.7.